The van der Waals surface area contributed by atoms with Gasteiger partial charge >= 0.3 is 0 Å². The molecule has 8 heteroatoms. The minimum atomic E-state index is -3.99. The molecular weight excluding hydrogens is 419 g/mol. The largest absolute Gasteiger partial charge is 0.490 e. The highest BCUT2D eigenvalue weighted by Crippen LogP contribution is 2.43. The number of hydrogen-bond donors (Lipinski definition) is 1. The van der Waals surface area contributed by atoms with Crippen LogP contribution >= 0.6 is 0 Å². The van der Waals surface area contributed by atoms with Crippen molar-refractivity contribution < 1.29 is 22.3 Å². The fourth-order valence-corrected chi connectivity index (χ4v) is 5.04. The summed E-state index contributed by atoms with van der Waals surface area (Å²) in [4.78, 5) is 12.7. The molecule has 158 valence electrons. The highest BCUT2D eigenvalue weighted by molar-refractivity contribution is 7.93. The molecule has 6 nitrogen and oxygen atoms in total. The molecule has 0 saturated heterocycles. The van der Waals surface area contributed by atoms with Crippen LogP contribution in [0, 0.1) is 5.82 Å². The monoisotopic (exact) mass is 438 g/mol. The van der Waals surface area contributed by atoms with E-state index in [1.807, 2.05) is 0 Å². The average Bonchev–Trinajstić information content (AvgIpc) is 2.76. The van der Waals surface area contributed by atoms with Crippen molar-refractivity contribution in [1.82, 2.24) is 0 Å². The maximum atomic E-state index is 13.9. The van der Waals surface area contributed by atoms with Crippen molar-refractivity contribution in [3.8, 4) is 16.9 Å². The van der Waals surface area contributed by atoms with Crippen molar-refractivity contribution >= 4 is 27.3 Å². The summed E-state index contributed by atoms with van der Waals surface area (Å²) in [6, 6.07) is 16.9. The van der Waals surface area contributed by atoms with Gasteiger partial charge in [0.05, 0.1) is 10.6 Å². The molecule has 0 aromatic heterocycles. The molecule has 3 aromatic rings. The van der Waals surface area contributed by atoms with E-state index in [9.17, 15) is 17.6 Å². The zero-order valence-corrected chi connectivity index (χ0v) is 17.2. The third-order valence-corrected chi connectivity index (χ3v) is 6.58. The highest BCUT2D eigenvalue weighted by Gasteiger charge is 2.36. The maximum Gasteiger partial charge on any atom is 0.265 e. The summed E-state index contributed by atoms with van der Waals surface area (Å²) >= 11 is 0. The van der Waals surface area contributed by atoms with Gasteiger partial charge in [-0.05, 0) is 48.5 Å². The van der Waals surface area contributed by atoms with Gasteiger partial charge in [0, 0.05) is 16.8 Å². The number of hydrogen-bond acceptors (Lipinski definition) is 4. The summed E-state index contributed by atoms with van der Waals surface area (Å²) in [6.07, 6.45) is 1.62. The second-order valence-corrected chi connectivity index (χ2v) is 8.67. The van der Waals surface area contributed by atoms with Gasteiger partial charge in [-0.25, -0.2) is 12.8 Å². The van der Waals surface area contributed by atoms with Gasteiger partial charge in [-0.1, -0.05) is 30.9 Å². The summed E-state index contributed by atoms with van der Waals surface area (Å²) in [5.41, 5.74) is 1.57. The number of rotatable bonds is 6. The first kappa shape index (κ1) is 20.6. The number of amides is 1. The standard InChI is InChI=1S/C23H19FN2O4S/c1-2-13-30-18-10-8-17(9-11-18)25-23(27)15-26-21-12-7-16(24)14-20(21)19-5-3-4-6-22(19)31(26,28)29/h2-12,14H,1,13,15H2,(H,25,27). The van der Waals surface area contributed by atoms with Crippen LogP contribution in [0.3, 0.4) is 0 Å². The third-order valence-electron chi connectivity index (χ3n) is 4.77. The fourth-order valence-electron chi connectivity index (χ4n) is 3.39. The van der Waals surface area contributed by atoms with E-state index in [1.54, 1.807) is 48.5 Å². The van der Waals surface area contributed by atoms with Gasteiger partial charge in [0.15, 0.2) is 0 Å². The fraction of sp³-hybridized carbons (Fsp3) is 0.0870. The number of fused-ring (bicyclic) bond motifs is 3. The Balaban J connectivity index is 1.61. The molecular formula is C23H19FN2O4S. The smallest absolute Gasteiger partial charge is 0.265 e. The van der Waals surface area contributed by atoms with Gasteiger partial charge in [0.2, 0.25) is 5.91 Å². The van der Waals surface area contributed by atoms with Gasteiger partial charge in [-0.15, -0.1) is 0 Å². The number of carbonyl (C=O) groups excluding carboxylic acids is 1. The molecule has 1 amide bonds. The Morgan fingerprint density at radius 3 is 2.55 bits per heavy atom. The molecule has 1 aliphatic heterocycles. The second kappa shape index (κ2) is 8.23. The number of nitrogens with one attached hydrogen (secondary N) is 1. The average molecular weight is 438 g/mol. The molecule has 31 heavy (non-hydrogen) atoms. The molecule has 0 spiro atoms. The highest BCUT2D eigenvalue weighted by atomic mass is 32.2. The van der Waals surface area contributed by atoms with Gasteiger partial charge in [-0.3, -0.25) is 9.10 Å². The van der Waals surface area contributed by atoms with Crippen LogP contribution in [0.5, 0.6) is 5.75 Å². The van der Waals surface area contributed by atoms with Crippen LogP contribution < -0.4 is 14.4 Å². The molecule has 1 heterocycles. The van der Waals surface area contributed by atoms with Gasteiger partial charge in [0.1, 0.15) is 24.7 Å². The van der Waals surface area contributed by atoms with Gasteiger partial charge < -0.3 is 10.1 Å². The summed E-state index contributed by atoms with van der Waals surface area (Å²) < 4.78 is 46.7. The Labute approximate surface area is 179 Å². The Bertz CT molecular complexity index is 1260. The van der Waals surface area contributed by atoms with Gasteiger partial charge in [-0.2, -0.15) is 0 Å². The van der Waals surface area contributed by atoms with Crippen LogP contribution in [0.2, 0.25) is 0 Å². The molecule has 1 aliphatic rings. The molecule has 3 aromatic carbocycles. The Morgan fingerprint density at radius 1 is 1.06 bits per heavy atom. The van der Waals surface area contributed by atoms with Crippen LogP contribution in [0.15, 0.2) is 84.3 Å². The number of benzene rings is 3. The molecule has 4 rings (SSSR count). The molecule has 0 unspecified atom stereocenters. The van der Waals surface area contributed by atoms with E-state index >= 15 is 0 Å². The summed E-state index contributed by atoms with van der Waals surface area (Å²) in [5.74, 6) is -0.405. The van der Waals surface area contributed by atoms with Crippen LogP contribution in [-0.2, 0) is 14.8 Å². The SMILES string of the molecule is C=CCOc1ccc(NC(=O)CN2c3ccc(F)cc3-c3ccccc3S2(=O)=O)cc1. The van der Waals surface area contributed by atoms with E-state index in [0.29, 0.717) is 29.2 Å². The lowest BCUT2D eigenvalue weighted by Crippen LogP contribution is -2.40. The number of carbonyl (C=O) groups is 1. The molecule has 0 atom stereocenters. The Morgan fingerprint density at radius 2 is 1.81 bits per heavy atom. The predicted molar refractivity (Wildman–Crippen MR) is 117 cm³/mol. The van der Waals surface area contributed by atoms with Crippen LogP contribution in [0.4, 0.5) is 15.8 Å². The molecule has 0 aliphatic carbocycles. The molecule has 0 radical (unpaired) electrons. The number of ether oxygens (including phenoxy) is 1. The predicted octanol–water partition coefficient (Wildman–Crippen LogP) is 4.20. The zero-order valence-electron chi connectivity index (χ0n) is 16.4. The first-order valence-electron chi connectivity index (χ1n) is 9.45. The van der Waals surface area contributed by atoms with Crippen molar-refractivity contribution in [2.45, 2.75) is 4.90 Å². The van der Waals surface area contributed by atoms with E-state index in [1.165, 1.54) is 24.3 Å². The van der Waals surface area contributed by atoms with Crippen LogP contribution in [-0.4, -0.2) is 27.5 Å². The molecule has 0 bridgehead atoms. The van der Waals surface area contributed by atoms with E-state index in [2.05, 4.69) is 11.9 Å². The minimum Gasteiger partial charge on any atom is -0.490 e. The van der Waals surface area contributed by atoms with E-state index in [-0.39, 0.29) is 10.6 Å². The van der Waals surface area contributed by atoms with Crippen molar-refractivity contribution in [3.63, 3.8) is 0 Å². The first-order valence-corrected chi connectivity index (χ1v) is 10.9. The van der Waals surface area contributed by atoms with Crippen molar-refractivity contribution in [1.29, 1.82) is 0 Å². The van der Waals surface area contributed by atoms with Gasteiger partial charge in [0.25, 0.3) is 10.0 Å². The summed E-state index contributed by atoms with van der Waals surface area (Å²) in [7, 11) is -3.99. The lowest BCUT2D eigenvalue weighted by Gasteiger charge is -2.31. The normalized spacial score (nSPS) is 13.6. The number of nitrogens with zero attached hydrogens (tertiary/aromatic N) is 1. The first-order chi connectivity index (χ1) is 14.9. The lowest BCUT2D eigenvalue weighted by atomic mass is 10.0. The molecule has 0 saturated carbocycles. The second-order valence-electron chi connectivity index (χ2n) is 6.84. The third kappa shape index (κ3) is 4.02. The van der Waals surface area contributed by atoms with E-state index in [0.717, 1.165) is 4.31 Å². The summed E-state index contributed by atoms with van der Waals surface area (Å²) in [6.45, 7) is 3.49. The zero-order chi connectivity index (χ0) is 22.0. The van der Waals surface area contributed by atoms with E-state index in [4.69, 9.17) is 4.74 Å². The Kier molecular flexibility index (Phi) is 5.48. The Hall–Kier alpha value is -3.65. The van der Waals surface area contributed by atoms with Crippen molar-refractivity contribution in [2.24, 2.45) is 0 Å². The number of sulfonamides is 1. The number of anilines is 2. The quantitative estimate of drug-likeness (QED) is 0.585. The minimum absolute atomic E-state index is 0.0321. The van der Waals surface area contributed by atoms with E-state index < -0.39 is 28.3 Å². The van der Waals surface area contributed by atoms with Crippen LogP contribution in [0.25, 0.3) is 11.1 Å². The molecule has 1 N–H and O–H groups in total. The molecule has 0 fully saturated rings. The topological polar surface area (TPSA) is 75.7 Å². The number of halogens is 1. The maximum absolute atomic E-state index is 13.9. The van der Waals surface area contributed by atoms with Crippen molar-refractivity contribution in [3.05, 3.63) is 85.2 Å². The van der Waals surface area contributed by atoms with Crippen LogP contribution in [0.1, 0.15) is 0 Å². The lowest BCUT2D eigenvalue weighted by molar-refractivity contribution is -0.114. The van der Waals surface area contributed by atoms with Crippen molar-refractivity contribution in [2.75, 3.05) is 22.8 Å². The summed E-state index contributed by atoms with van der Waals surface area (Å²) in [5, 5.41) is 2.68.